The molecule has 140 valence electrons. The van der Waals surface area contributed by atoms with Crippen molar-refractivity contribution in [2.24, 2.45) is 5.73 Å². The van der Waals surface area contributed by atoms with Crippen LogP contribution in [0.25, 0.3) is 22.0 Å². The number of thiophene rings is 1. The van der Waals surface area contributed by atoms with Crippen LogP contribution in [0.3, 0.4) is 0 Å². The van der Waals surface area contributed by atoms with Crippen molar-refractivity contribution in [2.45, 2.75) is 38.6 Å². The molecule has 0 radical (unpaired) electrons. The summed E-state index contributed by atoms with van der Waals surface area (Å²) in [7, 11) is 0. The zero-order chi connectivity index (χ0) is 19.1. The number of carbonyl (C=O) groups is 2. The van der Waals surface area contributed by atoms with Gasteiger partial charge in [0.25, 0.3) is 11.5 Å². The van der Waals surface area contributed by atoms with Crippen molar-refractivity contribution >= 4 is 34.1 Å². The Morgan fingerprint density at radius 1 is 1.33 bits per heavy atom. The Morgan fingerprint density at radius 3 is 2.70 bits per heavy atom. The summed E-state index contributed by atoms with van der Waals surface area (Å²) in [5, 5.41) is 2.26. The van der Waals surface area contributed by atoms with Gasteiger partial charge in [-0.05, 0) is 29.9 Å². The summed E-state index contributed by atoms with van der Waals surface area (Å²) < 4.78 is 7.42. The normalized spacial score (nSPS) is 14.7. The summed E-state index contributed by atoms with van der Waals surface area (Å²) in [6.45, 7) is 1.33. The predicted molar refractivity (Wildman–Crippen MR) is 103 cm³/mol. The van der Waals surface area contributed by atoms with Crippen LogP contribution in [0.4, 0.5) is 0 Å². The third-order valence-corrected chi connectivity index (χ3v) is 5.90. The molecular weight excluding hydrogens is 366 g/mol. The van der Waals surface area contributed by atoms with Crippen LogP contribution in [-0.4, -0.2) is 21.4 Å². The predicted octanol–water partition coefficient (Wildman–Crippen LogP) is 3.20. The van der Waals surface area contributed by atoms with Crippen molar-refractivity contribution in [3.8, 4) is 16.9 Å². The van der Waals surface area contributed by atoms with E-state index in [0.29, 0.717) is 27.1 Å². The Kier molecular flexibility index (Phi) is 4.35. The van der Waals surface area contributed by atoms with Gasteiger partial charge in [0.2, 0.25) is 0 Å². The highest BCUT2D eigenvalue weighted by molar-refractivity contribution is 7.12. The van der Waals surface area contributed by atoms with Gasteiger partial charge in [0.05, 0.1) is 15.8 Å². The number of rotatable bonds is 4. The highest BCUT2D eigenvalue weighted by Crippen LogP contribution is 2.40. The van der Waals surface area contributed by atoms with Crippen molar-refractivity contribution in [1.29, 1.82) is 0 Å². The summed E-state index contributed by atoms with van der Waals surface area (Å²) in [5.74, 6) is -0.614. The van der Waals surface area contributed by atoms with Crippen molar-refractivity contribution < 1.29 is 14.3 Å². The van der Waals surface area contributed by atoms with E-state index in [0.717, 1.165) is 31.2 Å². The van der Waals surface area contributed by atoms with Crippen LogP contribution in [0.15, 0.2) is 28.6 Å². The molecule has 0 spiro atoms. The lowest BCUT2D eigenvalue weighted by molar-refractivity contribution is -0.131. The monoisotopic (exact) mass is 385 g/mol. The van der Waals surface area contributed by atoms with Crippen LogP contribution in [0.1, 0.15) is 48.3 Å². The quantitative estimate of drug-likeness (QED) is 0.673. The fraction of sp³-hybridized carbons (Fsp3) is 0.316. The zero-order valence-electron chi connectivity index (χ0n) is 14.8. The lowest BCUT2D eigenvalue weighted by Gasteiger charge is -2.15. The Balaban J connectivity index is 2.00. The van der Waals surface area contributed by atoms with E-state index in [9.17, 15) is 14.4 Å². The second-order valence-corrected chi connectivity index (χ2v) is 7.66. The Hall–Kier alpha value is -2.87. The van der Waals surface area contributed by atoms with E-state index in [1.54, 1.807) is 6.07 Å². The van der Waals surface area contributed by atoms with Crippen LogP contribution in [0.5, 0.6) is 5.75 Å². The van der Waals surface area contributed by atoms with Gasteiger partial charge in [0.1, 0.15) is 0 Å². The first kappa shape index (κ1) is 17.5. The Morgan fingerprint density at radius 2 is 2.07 bits per heavy atom. The molecule has 0 unspecified atom stereocenters. The van der Waals surface area contributed by atoms with Gasteiger partial charge in [0, 0.05) is 30.9 Å². The number of amides is 1. The molecule has 3 aromatic rings. The summed E-state index contributed by atoms with van der Waals surface area (Å²) in [5.41, 5.74) is 7.18. The van der Waals surface area contributed by atoms with Crippen LogP contribution >= 0.6 is 11.3 Å². The smallest absolute Gasteiger partial charge is 0.308 e. The van der Waals surface area contributed by atoms with Gasteiger partial charge in [-0.3, -0.25) is 14.4 Å². The first-order chi connectivity index (χ1) is 13.0. The molecule has 1 saturated carbocycles. The molecule has 7 nitrogen and oxygen atoms in total. The lowest BCUT2D eigenvalue weighted by atomic mass is 10.1. The molecule has 0 atom stereocenters. The van der Waals surface area contributed by atoms with Gasteiger partial charge >= 0.3 is 5.97 Å². The van der Waals surface area contributed by atoms with E-state index in [1.165, 1.54) is 24.5 Å². The highest BCUT2D eigenvalue weighted by Gasteiger charge is 2.25. The molecule has 3 aromatic heterocycles. The second-order valence-electron chi connectivity index (χ2n) is 6.75. The SMILES string of the molecule is CC(=O)Oc1c[nH]c(=O)c2c(-c3csc(C(N)=O)c3)cn(C3CCCC3)c12. The maximum Gasteiger partial charge on any atom is 0.308 e. The lowest BCUT2D eigenvalue weighted by Crippen LogP contribution is -2.12. The van der Waals surface area contributed by atoms with E-state index < -0.39 is 11.9 Å². The number of ether oxygens (including phenoxy) is 1. The minimum absolute atomic E-state index is 0.242. The number of esters is 1. The molecular formula is C19H19N3O4S. The molecule has 3 N–H and O–H groups in total. The number of pyridine rings is 1. The van der Waals surface area contributed by atoms with E-state index in [4.69, 9.17) is 10.5 Å². The average Bonchev–Trinajstić information content (AvgIpc) is 3.35. The number of aromatic nitrogens is 2. The maximum absolute atomic E-state index is 12.7. The highest BCUT2D eigenvalue weighted by atomic mass is 32.1. The average molecular weight is 385 g/mol. The van der Waals surface area contributed by atoms with E-state index in [2.05, 4.69) is 4.98 Å². The van der Waals surface area contributed by atoms with Crippen molar-refractivity contribution in [1.82, 2.24) is 9.55 Å². The summed E-state index contributed by atoms with van der Waals surface area (Å²) in [6.07, 6.45) is 7.61. The van der Waals surface area contributed by atoms with Crippen molar-refractivity contribution in [3.05, 3.63) is 39.1 Å². The number of nitrogens with one attached hydrogen (secondary N) is 1. The number of hydrogen-bond donors (Lipinski definition) is 2. The maximum atomic E-state index is 12.7. The van der Waals surface area contributed by atoms with E-state index in [1.807, 2.05) is 16.1 Å². The fourth-order valence-corrected chi connectivity index (χ4v) is 4.57. The number of carbonyl (C=O) groups excluding carboxylic acids is 2. The van der Waals surface area contributed by atoms with Gasteiger partial charge in [-0.2, -0.15) is 0 Å². The zero-order valence-corrected chi connectivity index (χ0v) is 15.6. The molecule has 1 aliphatic carbocycles. The van der Waals surface area contributed by atoms with Gasteiger partial charge < -0.3 is 20.0 Å². The third-order valence-electron chi connectivity index (χ3n) is 4.95. The first-order valence-electron chi connectivity index (χ1n) is 8.79. The Labute approximate surface area is 158 Å². The molecule has 1 fully saturated rings. The summed E-state index contributed by atoms with van der Waals surface area (Å²) in [6, 6.07) is 1.94. The second kappa shape index (κ2) is 6.70. The molecule has 0 aromatic carbocycles. The number of hydrogen-bond acceptors (Lipinski definition) is 5. The molecule has 4 rings (SSSR count). The third kappa shape index (κ3) is 3.06. The topological polar surface area (TPSA) is 107 Å². The van der Waals surface area contributed by atoms with Gasteiger partial charge in [-0.1, -0.05) is 12.8 Å². The molecule has 0 saturated heterocycles. The van der Waals surface area contributed by atoms with Gasteiger partial charge in [-0.25, -0.2) is 0 Å². The van der Waals surface area contributed by atoms with Gasteiger partial charge in [0.15, 0.2) is 5.75 Å². The van der Waals surface area contributed by atoms with Crippen molar-refractivity contribution in [3.63, 3.8) is 0 Å². The fourth-order valence-electron chi connectivity index (χ4n) is 3.81. The summed E-state index contributed by atoms with van der Waals surface area (Å²) >= 11 is 1.24. The number of nitrogens with zero attached hydrogens (tertiary/aromatic N) is 1. The molecule has 0 bridgehead atoms. The standard InChI is InChI=1S/C19H19N3O4S/c1-10(23)26-14-7-21-19(25)16-13(11-6-15(18(20)24)27-9-11)8-22(17(14)16)12-4-2-3-5-12/h6-9,12H,2-5H2,1H3,(H2,20,24)(H,21,25). The molecule has 0 aliphatic heterocycles. The van der Waals surface area contributed by atoms with E-state index >= 15 is 0 Å². The molecule has 1 aliphatic rings. The minimum atomic E-state index is -0.500. The van der Waals surface area contributed by atoms with Crippen LogP contribution < -0.4 is 16.0 Å². The van der Waals surface area contributed by atoms with Crippen molar-refractivity contribution in [2.75, 3.05) is 0 Å². The number of primary amides is 1. The molecule has 8 heteroatoms. The number of H-pyrrole nitrogens is 1. The largest absolute Gasteiger partial charge is 0.423 e. The molecule has 1 amide bonds. The first-order valence-corrected chi connectivity index (χ1v) is 9.67. The van der Waals surface area contributed by atoms with Crippen LogP contribution in [0.2, 0.25) is 0 Å². The Bertz CT molecular complexity index is 1100. The summed E-state index contributed by atoms with van der Waals surface area (Å²) in [4.78, 5) is 38.8. The number of aromatic amines is 1. The van der Waals surface area contributed by atoms with Crippen LogP contribution in [-0.2, 0) is 4.79 Å². The van der Waals surface area contributed by atoms with Crippen LogP contribution in [0, 0.1) is 0 Å². The number of nitrogens with two attached hydrogens (primary N) is 1. The minimum Gasteiger partial charge on any atom is -0.423 e. The molecule has 27 heavy (non-hydrogen) atoms. The van der Waals surface area contributed by atoms with E-state index in [-0.39, 0.29) is 11.6 Å². The number of fused-ring (bicyclic) bond motifs is 1. The molecule has 3 heterocycles. The van der Waals surface area contributed by atoms with Gasteiger partial charge in [-0.15, -0.1) is 11.3 Å².